The second-order valence-electron chi connectivity index (χ2n) is 3.95. The van der Waals surface area contributed by atoms with Gasteiger partial charge in [-0.25, -0.2) is 4.79 Å². The molecule has 0 saturated carbocycles. The number of aromatic nitrogens is 2. The smallest absolute Gasteiger partial charge is 0.331 e. The van der Waals surface area contributed by atoms with Crippen LogP contribution in [-0.2, 0) is 0 Å². The molecule has 90 valence electrons. The molecule has 0 unspecified atom stereocenters. The van der Waals surface area contributed by atoms with Crippen molar-refractivity contribution in [2.24, 2.45) is 0 Å². The van der Waals surface area contributed by atoms with Gasteiger partial charge in [-0.1, -0.05) is 22.0 Å². The van der Waals surface area contributed by atoms with Crippen molar-refractivity contribution in [1.82, 2.24) is 9.55 Å². The van der Waals surface area contributed by atoms with Crippen molar-refractivity contribution in [3.05, 3.63) is 57.4 Å². The van der Waals surface area contributed by atoms with E-state index in [1.807, 2.05) is 18.2 Å². The summed E-state index contributed by atoms with van der Waals surface area (Å²) < 4.78 is 2.42. The zero-order chi connectivity index (χ0) is 12.7. The van der Waals surface area contributed by atoms with E-state index in [9.17, 15) is 9.90 Å². The summed E-state index contributed by atoms with van der Waals surface area (Å²) in [5, 5.41) is 9.49. The van der Waals surface area contributed by atoms with Crippen molar-refractivity contribution in [3.8, 4) is 11.4 Å². The summed E-state index contributed by atoms with van der Waals surface area (Å²) in [6.45, 7) is 0. The highest BCUT2D eigenvalue weighted by atomic mass is 79.9. The van der Waals surface area contributed by atoms with Crippen molar-refractivity contribution in [2.45, 2.75) is 0 Å². The minimum atomic E-state index is -0.228. The van der Waals surface area contributed by atoms with E-state index >= 15 is 0 Å². The molecule has 18 heavy (non-hydrogen) atoms. The van der Waals surface area contributed by atoms with Gasteiger partial charge >= 0.3 is 5.69 Å². The number of hydrogen-bond donors (Lipinski definition) is 2. The second kappa shape index (κ2) is 4.03. The number of imidazole rings is 1. The van der Waals surface area contributed by atoms with Crippen molar-refractivity contribution in [1.29, 1.82) is 0 Å². The monoisotopic (exact) mass is 304 g/mol. The SMILES string of the molecule is O=c1[nH]c2ccc(Br)cc2n1-c1cccc(O)c1. The Morgan fingerprint density at radius 3 is 2.78 bits per heavy atom. The maximum absolute atomic E-state index is 12.0. The Bertz CT molecular complexity index is 789. The molecule has 3 aromatic rings. The molecule has 0 aliphatic carbocycles. The lowest BCUT2D eigenvalue weighted by molar-refractivity contribution is 0.475. The third-order valence-electron chi connectivity index (χ3n) is 2.73. The van der Waals surface area contributed by atoms with E-state index in [2.05, 4.69) is 20.9 Å². The lowest BCUT2D eigenvalue weighted by Crippen LogP contribution is -2.14. The van der Waals surface area contributed by atoms with Crippen LogP contribution in [0.3, 0.4) is 0 Å². The lowest BCUT2D eigenvalue weighted by Gasteiger charge is -2.03. The molecule has 0 radical (unpaired) electrons. The summed E-state index contributed by atoms with van der Waals surface area (Å²) in [6.07, 6.45) is 0. The van der Waals surface area contributed by atoms with Gasteiger partial charge in [-0.3, -0.25) is 4.57 Å². The van der Waals surface area contributed by atoms with Gasteiger partial charge in [0.05, 0.1) is 16.7 Å². The van der Waals surface area contributed by atoms with Crippen LogP contribution < -0.4 is 5.69 Å². The summed E-state index contributed by atoms with van der Waals surface area (Å²) in [5.74, 6) is 0.128. The Kier molecular flexibility index (Phi) is 2.48. The standard InChI is InChI=1S/C13H9BrN2O2/c14-8-4-5-11-12(6-8)16(13(18)15-11)9-2-1-3-10(17)7-9/h1-7,17H,(H,15,18). The van der Waals surface area contributed by atoms with E-state index in [-0.39, 0.29) is 11.4 Å². The maximum Gasteiger partial charge on any atom is 0.331 e. The summed E-state index contributed by atoms with van der Waals surface area (Å²) in [6, 6.07) is 12.2. The van der Waals surface area contributed by atoms with Gasteiger partial charge < -0.3 is 10.1 Å². The molecule has 0 aliphatic heterocycles. The Morgan fingerprint density at radius 2 is 2.00 bits per heavy atom. The third kappa shape index (κ3) is 1.73. The van der Waals surface area contributed by atoms with E-state index in [0.717, 1.165) is 15.5 Å². The molecule has 1 heterocycles. The molecule has 2 N–H and O–H groups in total. The van der Waals surface area contributed by atoms with E-state index in [0.29, 0.717) is 5.69 Å². The summed E-state index contributed by atoms with van der Waals surface area (Å²) in [5.41, 5.74) is 1.92. The van der Waals surface area contributed by atoms with E-state index in [1.54, 1.807) is 24.3 Å². The Labute approximate surface area is 111 Å². The number of aromatic amines is 1. The first-order valence-corrected chi connectivity index (χ1v) is 6.14. The molecule has 1 aromatic heterocycles. The number of phenolic OH excluding ortho intramolecular Hbond substituents is 1. The minimum Gasteiger partial charge on any atom is -0.508 e. The first kappa shape index (κ1) is 11.1. The number of halogens is 1. The van der Waals surface area contributed by atoms with Gasteiger partial charge in [-0.05, 0) is 30.3 Å². The molecule has 0 aliphatic rings. The van der Waals surface area contributed by atoms with Crippen LogP contribution in [0.5, 0.6) is 5.75 Å². The van der Waals surface area contributed by atoms with Gasteiger partial charge in [-0.2, -0.15) is 0 Å². The zero-order valence-corrected chi connectivity index (χ0v) is 10.8. The predicted molar refractivity (Wildman–Crippen MR) is 73.3 cm³/mol. The third-order valence-corrected chi connectivity index (χ3v) is 3.23. The molecule has 0 amide bonds. The van der Waals surface area contributed by atoms with Gasteiger partial charge in [0.25, 0.3) is 0 Å². The Balaban J connectivity index is 2.38. The van der Waals surface area contributed by atoms with Crippen LogP contribution in [0, 0.1) is 0 Å². The number of aromatic hydroxyl groups is 1. The molecule has 0 spiro atoms. The minimum absolute atomic E-state index is 0.128. The van der Waals surface area contributed by atoms with Crippen molar-refractivity contribution >= 4 is 27.0 Å². The predicted octanol–water partition coefficient (Wildman–Crippen LogP) is 2.79. The second-order valence-corrected chi connectivity index (χ2v) is 4.86. The lowest BCUT2D eigenvalue weighted by atomic mass is 10.2. The van der Waals surface area contributed by atoms with Crippen LogP contribution in [-0.4, -0.2) is 14.7 Å². The quantitative estimate of drug-likeness (QED) is 0.726. The molecule has 0 fully saturated rings. The van der Waals surface area contributed by atoms with Gasteiger partial charge in [0, 0.05) is 10.5 Å². The number of rotatable bonds is 1. The number of nitrogens with zero attached hydrogens (tertiary/aromatic N) is 1. The largest absolute Gasteiger partial charge is 0.508 e. The normalized spacial score (nSPS) is 10.9. The van der Waals surface area contributed by atoms with Crippen molar-refractivity contribution < 1.29 is 5.11 Å². The average molecular weight is 305 g/mol. The highest BCUT2D eigenvalue weighted by Gasteiger charge is 2.09. The molecule has 0 bridgehead atoms. The van der Waals surface area contributed by atoms with Crippen LogP contribution in [0.2, 0.25) is 0 Å². The molecular weight excluding hydrogens is 296 g/mol. The summed E-state index contributed by atoms with van der Waals surface area (Å²) >= 11 is 3.38. The zero-order valence-electron chi connectivity index (χ0n) is 9.22. The highest BCUT2D eigenvalue weighted by molar-refractivity contribution is 9.10. The molecule has 0 atom stereocenters. The number of H-pyrrole nitrogens is 1. The van der Waals surface area contributed by atoms with Crippen LogP contribution in [0.15, 0.2) is 51.7 Å². The Hall–Kier alpha value is -2.01. The fourth-order valence-corrected chi connectivity index (χ4v) is 2.31. The van der Waals surface area contributed by atoms with Gasteiger partial charge in [0.1, 0.15) is 5.75 Å². The number of fused-ring (bicyclic) bond motifs is 1. The summed E-state index contributed by atoms with van der Waals surface area (Å²) in [4.78, 5) is 14.7. The number of hydrogen-bond acceptors (Lipinski definition) is 2. The fraction of sp³-hybridized carbons (Fsp3) is 0. The molecule has 4 nitrogen and oxygen atoms in total. The van der Waals surface area contributed by atoms with E-state index in [4.69, 9.17) is 0 Å². The van der Waals surface area contributed by atoms with Crippen molar-refractivity contribution in [2.75, 3.05) is 0 Å². The van der Waals surface area contributed by atoms with Crippen LogP contribution in [0.1, 0.15) is 0 Å². The van der Waals surface area contributed by atoms with Crippen LogP contribution >= 0.6 is 15.9 Å². The van der Waals surface area contributed by atoms with Gasteiger partial charge in [-0.15, -0.1) is 0 Å². The molecule has 0 saturated heterocycles. The first-order chi connectivity index (χ1) is 8.65. The van der Waals surface area contributed by atoms with E-state index < -0.39 is 0 Å². The number of phenols is 1. The van der Waals surface area contributed by atoms with Crippen molar-refractivity contribution in [3.63, 3.8) is 0 Å². The van der Waals surface area contributed by atoms with Gasteiger partial charge in [0.2, 0.25) is 0 Å². The molecule has 5 heteroatoms. The fourth-order valence-electron chi connectivity index (χ4n) is 1.96. The molecular formula is C13H9BrN2O2. The van der Waals surface area contributed by atoms with E-state index in [1.165, 1.54) is 4.57 Å². The Morgan fingerprint density at radius 1 is 1.17 bits per heavy atom. The topological polar surface area (TPSA) is 58.0 Å². The average Bonchev–Trinajstić information content (AvgIpc) is 2.64. The van der Waals surface area contributed by atoms with Crippen LogP contribution in [0.25, 0.3) is 16.7 Å². The highest BCUT2D eigenvalue weighted by Crippen LogP contribution is 2.21. The maximum atomic E-state index is 12.0. The first-order valence-electron chi connectivity index (χ1n) is 5.35. The number of benzene rings is 2. The van der Waals surface area contributed by atoms with Gasteiger partial charge in [0.15, 0.2) is 0 Å². The molecule has 2 aromatic carbocycles. The molecule has 3 rings (SSSR count). The van der Waals surface area contributed by atoms with Crippen LogP contribution in [0.4, 0.5) is 0 Å². The summed E-state index contributed by atoms with van der Waals surface area (Å²) in [7, 11) is 0. The number of nitrogens with one attached hydrogen (secondary N) is 1.